The van der Waals surface area contributed by atoms with E-state index in [2.05, 4.69) is 67.4 Å². The van der Waals surface area contributed by atoms with Gasteiger partial charge in [-0.15, -0.1) is 0 Å². The largest absolute Gasteiger partial charge is 0.472 e. The van der Waals surface area contributed by atoms with E-state index in [1.807, 2.05) is 30.7 Å². The number of piperazine rings is 1. The van der Waals surface area contributed by atoms with Crippen LogP contribution in [0.5, 0.6) is 0 Å². The van der Waals surface area contributed by atoms with E-state index in [4.69, 9.17) is 9.25 Å². The van der Waals surface area contributed by atoms with Gasteiger partial charge in [-0.3, -0.25) is 14.5 Å². The summed E-state index contributed by atoms with van der Waals surface area (Å²) in [6.07, 6.45) is 7.35. The Morgan fingerprint density at radius 1 is 0.970 bits per heavy atom. The van der Waals surface area contributed by atoms with Crippen LogP contribution in [0.3, 0.4) is 0 Å². The summed E-state index contributed by atoms with van der Waals surface area (Å²) in [6.45, 7) is 4.80. The van der Waals surface area contributed by atoms with Gasteiger partial charge in [0.25, 0.3) is 0 Å². The normalized spacial score (nSPS) is 16.9. The molecule has 2 aliphatic heterocycles. The molecule has 1 saturated heterocycles. The van der Waals surface area contributed by atoms with Crippen molar-refractivity contribution in [1.29, 1.82) is 0 Å². The number of nitrogens with zero attached hydrogens (tertiary/aromatic N) is 5. The van der Waals surface area contributed by atoms with E-state index in [-0.39, 0.29) is 0 Å². The van der Waals surface area contributed by atoms with Crippen LogP contribution in [0.1, 0.15) is 0 Å². The maximum Gasteiger partial charge on any atom is 0.157 e. The minimum atomic E-state index is 0.826. The van der Waals surface area contributed by atoms with Crippen LogP contribution in [-0.2, 0) is 4.84 Å². The fraction of sp³-hybridized carbons (Fsp3) is 0.240. The first kappa shape index (κ1) is 19.9. The van der Waals surface area contributed by atoms with Crippen LogP contribution < -0.4 is 10.5 Å². The maximum atomic E-state index is 5.47. The minimum Gasteiger partial charge on any atom is -0.472 e. The van der Waals surface area contributed by atoms with Gasteiger partial charge in [0.05, 0.1) is 36.3 Å². The molecule has 0 bridgehead atoms. The van der Waals surface area contributed by atoms with E-state index < -0.39 is 0 Å². The quantitative estimate of drug-likeness (QED) is 0.506. The second-order valence-electron chi connectivity index (χ2n) is 8.51. The Bertz CT molecular complexity index is 1290. The zero-order valence-corrected chi connectivity index (χ0v) is 18.5. The molecule has 1 fully saturated rings. The zero-order valence-electron chi connectivity index (χ0n) is 18.5. The molecule has 0 saturated carbocycles. The number of furan rings is 1. The molecule has 168 valence electrons. The fourth-order valence-corrected chi connectivity index (χ4v) is 4.52. The van der Waals surface area contributed by atoms with Crippen LogP contribution in [-0.4, -0.2) is 59.2 Å². The molecule has 4 heterocycles. The van der Waals surface area contributed by atoms with Crippen molar-refractivity contribution in [2.45, 2.75) is 0 Å². The van der Waals surface area contributed by atoms with Crippen molar-refractivity contribution < 1.29 is 9.25 Å². The molecule has 0 aliphatic carbocycles. The zero-order chi connectivity index (χ0) is 22.2. The van der Waals surface area contributed by atoms with Crippen LogP contribution in [0, 0.1) is 0 Å². The first-order valence-electron chi connectivity index (χ1n) is 11.2. The molecule has 0 radical (unpaired) electrons. The predicted molar refractivity (Wildman–Crippen MR) is 127 cm³/mol. The lowest BCUT2D eigenvalue weighted by molar-refractivity contribution is 0.0272. The Balaban J connectivity index is 1.18. The molecule has 0 unspecified atom stereocenters. The van der Waals surface area contributed by atoms with Gasteiger partial charge in [-0.05, 0) is 42.0 Å². The summed E-state index contributed by atoms with van der Waals surface area (Å²) in [6, 6.07) is 17.0. The topological polar surface area (TPSA) is 61.9 Å². The number of benzene rings is 2. The molecular weight excluding hydrogens is 416 g/mol. The maximum absolute atomic E-state index is 5.47. The van der Waals surface area contributed by atoms with Gasteiger partial charge < -0.3 is 14.2 Å². The smallest absolute Gasteiger partial charge is 0.157 e. The van der Waals surface area contributed by atoms with Crippen molar-refractivity contribution in [2.75, 3.05) is 44.7 Å². The van der Waals surface area contributed by atoms with Crippen molar-refractivity contribution in [3.05, 3.63) is 79.3 Å². The van der Waals surface area contributed by atoms with Crippen LogP contribution in [0.25, 0.3) is 27.8 Å². The van der Waals surface area contributed by atoms with Gasteiger partial charge in [-0.1, -0.05) is 17.7 Å². The summed E-state index contributed by atoms with van der Waals surface area (Å²) >= 11 is 0. The average Bonchev–Trinajstić information content (AvgIpc) is 3.61. The SMILES string of the molecule is CN1C=C(CN2CCN(c3cccc(-n4cnc5cc(-c6ccoc6)ccc54)c3)CC2)ON1. The molecule has 8 nitrogen and oxygen atoms in total. The molecule has 2 aromatic heterocycles. The van der Waals surface area contributed by atoms with E-state index in [1.165, 1.54) is 5.69 Å². The number of rotatable bonds is 5. The molecule has 33 heavy (non-hydrogen) atoms. The Labute approximate surface area is 192 Å². The molecule has 4 aromatic rings. The molecule has 0 spiro atoms. The van der Waals surface area contributed by atoms with Crippen molar-refractivity contribution in [2.24, 2.45) is 0 Å². The standard InChI is InChI=1S/C25H26N6O2/c1-28-15-23(33-27-28)16-29-8-10-30(11-9-29)21-3-2-4-22(14-21)31-18-26-24-13-19(5-6-25(24)31)20-7-12-32-17-20/h2-7,12-15,17-18,27H,8-11,16H2,1H3. The average molecular weight is 443 g/mol. The first-order valence-corrected chi connectivity index (χ1v) is 11.2. The number of aromatic nitrogens is 2. The monoisotopic (exact) mass is 442 g/mol. The highest BCUT2D eigenvalue weighted by atomic mass is 16.7. The van der Waals surface area contributed by atoms with E-state index in [1.54, 1.807) is 12.5 Å². The summed E-state index contributed by atoms with van der Waals surface area (Å²) in [5.74, 6) is 0.955. The molecule has 8 heteroatoms. The highest BCUT2D eigenvalue weighted by molar-refractivity contribution is 5.83. The van der Waals surface area contributed by atoms with Crippen LogP contribution in [0.4, 0.5) is 5.69 Å². The van der Waals surface area contributed by atoms with Gasteiger partial charge in [-0.2, -0.15) is 0 Å². The Kier molecular flexibility index (Phi) is 5.01. The second kappa shape index (κ2) is 8.31. The number of imidazole rings is 1. The van der Waals surface area contributed by atoms with Crippen molar-refractivity contribution >= 4 is 16.7 Å². The molecule has 0 atom stereocenters. The van der Waals surface area contributed by atoms with Crippen molar-refractivity contribution in [3.8, 4) is 16.8 Å². The van der Waals surface area contributed by atoms with Crippen molar-refractivity contribution in [3.63, 3.8) is 0 Å². The molecule has 0 amide bonds. The third-order valence-electron chi connectivity index (χ3n) is 6.28. The summed E-state index contributed by atoms with van der Waals surface area (Å²) < 4.78 is 7.38. The number of hydrogen-bond acceptors (Lipinski definition) is 7. The van der Waals surface area contributed by atoms with E-state index in [0.29, 0.717) is 0 Å². The minimum absolute atomic E-state index is 0.826. The lowest BCUT2D eigenvalue weighted by Crippen LogP contribution is -2.47. The van der Waals surface area contributed by atoms with E-state index in [9.17, 15) is 0 Å². The molecule has 2 aliphatic rings. The number of nitrogens with one attached hydrogen (secondary N) is 1. The Morgan fingerprint density at radius 2 is 1.85 bits per heavy atom. The molecule has 1 N–H and O–H groups in total. The summed E-state index contributed by atoms with van der Waals surface area (Å²) in [7, 11) is 1.93. The van der Waals surface area contributed by atoms with Gasteiger partial charge in [-0.25, -0.2) is 4.98 Å². The van der Waals surface area contributed by atoms with E-state index >= 15 is 0 Å². The van der Waals surface area contributed by atoms with Gasteiger partial charge in [0, 0.05) is 50.2 Å². The van der Waals surface area contributed by atoms with Gasteiger partial charge in [0.1, 0.15) is 6.33 Å². The third kappa shape index (κ3) is 3.94. The summed E-state index contributed by atoms with van der Waals surface area (Å²) in [4.78, 5) is 15.0. The number of fused-ring (bicyclic) bond motifs is 1. The van der Waals surface area contributed by atoms with Crippen LogP contribution >= 0.6 is 0 Å². The first-order chi connectivity index (χ1) is 16.2. The molecular formula is C25H26N6O2. The Morgan fingerprint density at radius 3 is 2.64 bits per heavy atom. The molecule has 6 rings (SSSR count). The van der Waals surface area contributed by atoms with Gasteiger partial charge in [0.15, 0.2) is 5.76 Å². The molecule has 2 aromatic carbocycles. The lowest BCUT2D eigenvalue weighted by atomic mass is 10.1. The second-order valence-corrected chi connectivity index (χ2v) is 8.51. The number of anilines is 1. The Hall–Kier alpha value is -3.75. The predicted octanol–water partition coefficient (Wildman–Crippen LogP) is 3.63. The highest BCUT2D eigenvalue weighted by Crippen LogP contribution is 2.27. The highest BCUT2D eigenvalue weighted by Gasteiger charge is 2.21. The van der Waals surface area contributed by atoms with Crippen LogP contribution in [0.2, 0.25) is 0 Å². The van der Waals surface area contributed by atoms with Gasteiger partial charge >= 0.3 is 0 Å². The summed E-state index contributed by atoms with van der Waals surface area (Å²) in [5.41, 5.74) is 9.41. The van der Waals surface area contributed by atoms with Gasteiger partial charge in [0.2, 0.25) is 0 Å². The summed E-state index contributed by atoms with van der Waals surface area (Å²) in [5, 5.41) is 1.83. The number of hydrogen-bond donors (Lipinski definition) is 1. The lowest BCUT2D eigenvalue weighted by Gasteiger charge is -2.36. The van der Waals surface area contributed by atoms with Crippen LogP contribution in [0.15, 0.2) is 83.8 Å². The third-order valence-corrected chi connectivity index (χ3v) is 6.28. The van der Waals surface area contributed by atoms with Crippen molar-refractivity contribution in [1.82, 2.24) is 25.0 Å². The van der Waals surface area contributed by atoms with E-state index in [0.717, 1.165) is 66.3 Å². The fourth-order valence-electron chi connectivity index (χ4n) is 4.52. The number of hydrazine groups is 1.